The molecule has 0 aliphatic heterocycles. The zero-order valence-electron chi connectivity index (χ0n) is 12.3. The first-order chi connectivity index (χ1) is 10.7. The van der Waals surface area contributed by atoms with E-state index in [2.05, 4.69) is 16.7 Å². The van der Waals surface area contributed by atoms with Gasteiger partial charge in [0.1, 0.15) is 0 Å². The number of amides is 2. The van der Waals surface area contributed by atoms with Crippen LogP contribution in [0.2, 0.25) is 0 Å². The van der Waals surface area contributed by atoms with Crippen molar-refractivity contribution in [3.8, 4) is 10.4 Å². The van der Waals surface area contributed by atoms with Gasteiger partial charge in [-0.15, -0.1) is 11.3 Å². The number of rotatable bonds is 3. The molecule has 1 aromatic heterocycles. The van der Waals surface area contributed by atoms with Gasteiger partial charge in [0.25, 0.3) is 0 Å². The van der Waals surface area contributed by atoms with Crippen LogP contribution in [0.3, 0.4) is 0 Å². The van der Waals surface area contributed by atoms with E-state index in [9.17, 15) is 9.90 Å². The molecule has 1 heterocycles. The molecule has 5 heteroatoms. The zero-order chi connectivity index (χ0) is 15.4. The summed E-state index contributed by atoms with van der Waals surface area (Å²) in [6.07, 6.45) is 2.99. The fourth-order valence-corrected chi connectivity index (χ4v) is 3.49. The van der Waals surface area contributed by atoms with Gasteiger partial charge in [0, 0.05) is 16.6 Å². The van der Waals surface area contributed by atoms with Crippen LogP contribution in [0.15, 0.2) is 41.8 Å². The standard InChI is InChI=1S/C17H20N2O2S/c20-15-8-6-13(7-9-15)18-17(21)19-14-4-1-3-12(11-14)16-5-2-10-22-16/h1-5,10-11,13,15,20H,6-9H2,(H2,18,19,21). The number of carbonyl (C=O) groups excluding carboxylic acids is 1. The predicted octanol–water partition coefficient (Wildman–Crippen LogP) is 3.84. The normalized spacial score (nSPS) is 21.3. The van der Waals surface area contributed by atoms with Gasteiger partial charge in [0.15, 0.2) is 0 Å². The van der Waals surface area contributed by atoms with Crippen molar-refractivity contribution >= 4 is 23.1 Å². The number of thiophene rings is 1. The summed E-state index contributed by atoms with van der Waals surface area (Å²) < 4.78 is 0. The highest BCUT2D eigenvalue weighted by Crippen LogP contribution is 2.26. The van der Waals surface area contributed by atoms with E-state index in [4.69, 9.17) is 0 Å². The Bertz CT molecular complexity index is 619. The van der Waals surface area contributed by atoms with Crippen molar-refractivity contribution in [2.45, 2.75) is 37.8 Å². The van der Waals surface area contributed by atoms with E-state index >= 15 is 0 Å². The molecule has 3 rings (SSSR count). The average molecular weight is 316 g/mol. The highest BCUT2D eigenvalue weighted by Gasteiger charge is 2.20. The van der Waals surface area contributed by atoms with Crippen molar-refractivity contribution in [3.63, 3.8) is 0 Å². The Morgan fingerprint density at radius 3 is 2.68 bits per heavy atom. The molecule has 0 bridgehead atoms. The molecule has 2 amide bonds. The Kier molecular flexibility index (Phi) is 4.75. The number of nitrogens with one attached hydrogen (secondary N) is 2. The van der Waals surface area contributed by atoms with Crippen LogP contribution in [0.25, 0.3) is 10.4 Å². The minimum atomic E-state index is -0.205. The van der Waals surface area contributed by atoms with Gasteiger partial charge >= 0.3 is 6.03 Å². The van der Waals surface area contributed by atoms with E-state index in [0.717, 1.165) is 36.9 Å². The molecule has 0 spiro atoms. The number of anilines is 1. The first kappa shape index (κ1) is 15.1. The van der Waals surface area contributed by atoms with E-state index in [1.54, 1.807) is 11.3 Å². The van der Waals surface area contributed by atoms with E-state index in [1.807, 2.05) is 35.7 Å². The SMILES string of the molecule is O=C(Nc1cccc(-c2cccs2)c1)NC1CCC(O)CC1. The Balaban J connectivity index is 1.58. The minimum Gasteiger partial charge on any atom is -0.393 e. The molecular weight excluding hydrogens is 296 g/mol. The first-order valence-corrected chi connectivity index (χ1v) is 8.48. The van der Waals surface area contributed by atoms with Crippen molar-refractivity contribution in [1.29, 1.82) is 0 Å². The van der Waals surface area contributed by atoms with Gasteiger partial charge in [-0.1, -0.05) is 18.2 Å². The average Bonchev–Trinajstić information content (AvgIpc) is 3.04. The predicted molar refractivity (Wildman–Crippen MR) is 90.2 cm³/mol. The van der Waals surface area contributed by atoms with Crippen LogP contribution >= 0.6 is 11.3 Å². The van der Waals surface area contributed by atoms with E-state index in [1.165, 1.54) is 4.88 Å². The molecule has 1 aliphatic rings. The molecule has 0 unspecified atom stereocenters. The molecule has 4 nitrogen and oxygen atoms in total. The molecule has 1 fully saturated rings. The molecular formula is C17H20N2O2S. The molecule has 116 valence electrons. The van der Waals surface area contributed by atoms with Gasteiger partial charge in [-0.25, -0.2) is 4.79 Å². The third-order valence-corrected chi connectivity index (χ3v) is 4.88. The lowest BCUT2D eigenvalue weighted by Gasteiger charge is -2.26. The number of benzene rings is 1. The maximum Gasteiger partial charge on any atom is 0.319 e. The summed E-state index contributed by atoms with van der Waals surface area (Å²) in [5, 5.41) is 17.4. The van der Waals surface area contributed by atoms with Gasteiger partial charge in [0.05, 0.1) is 6.10 Å². The number of hydrogen-bond donors (Lipinski definition) is 3. The number of aliphatic hydroxyl groups excluding tert-OH is 1. The second-order valence-corrected chi connectivity index (χ2v) is 6.61. The maximum absolute atomic E-state index is 12.1. The van der Waals surface area contributed by atoms with Crippen molar-refractivity contribution in [3.05, 3.63) is 41.8 Å². The van der Waals surface area contributed by atoms with Crippen molar-refractivity contribution in [1.82, 2.24) is 5.32 Å². The van der Waals surface area contributed by atoms with Crippen LogP contribution in [-0.2, 0) is 0 Å². The highest BCUT2D eigenvalue weighted by molar-refractivity contribution is 7.13. The summed E-state index contributed by atoms with van der Waals surface area (Å²) >= 11 is 1.68. The molecule has 0 atom stereocenters. The first-order valence-electron chi connectivity index (χ1n) is 7.60. The number of aliphatic hydroxyl groups is 1. The Hall–Kier alpha value is -1.85. The summed E-state index contributed by atoms with van der Waals surface area (Å²) in [6.45, 7) is 0. The fourth-order valence-electron chi connectivity index (χ4n) is 2.77. The molecule has 1 saturated carbocycles. The zero-order valence-corrected chi connectivity index (χ0v) is 13.1. The topological polar surface area (TPSA) is 61.4 Å². The summed E-state index contributed by atoms with van der Waals surface area (Å²) in [6, 6.07) is 11.9. The van der Waals surface area contributed by atoms with Crippen LogP contribution in [0.4, 0.5) is 10.5 Å². The molecule has 2 aromatic rings. The lowest BCUT2D eigenvalue weighted by Crippen LogP contribution is -2.40. The smallest absolute Gasteiger partial charge is 0.319 e. The molecule has 22 heavy (non-hydrogen) atoms. The van der Waals surface area contributed by atoms with Gasteiger partial charge in [-0.3, -0.25) is 0 Å². The molecule has 3 N–H and O–H groups in total. The quantitative estimate of drug-likeness (QED) is 0.805. The number of hydrogen-bond acceptors (Lipinski definition) is 3. The Morgan fingerprint density at radius 2 is 1.95 bits per heavy atom. The Morgan fingerprint density at radius 1 is 1.14 bits per heavy atom. The summed E-state index contributed by atoms with van der Waals surface area (Å²) in [7, 11) is 0. The summed E-state index contributed by atoms with van der Waals surface area (Å²) in [5.74, 6) is 0. The number of urea groups is 1. The lowest BCUT2D eigenvalue weighted by molar-refractivity contribution is 0.118. The van der Waals surface area contributed by atoms with Crippen LogP contribution < -0.4 is 10.6 Å². The Labute approximate surface area is 134 Å². The molecule has 1 aliphatic carbocycles. The lowest BCUT2D eigenvalue weighted by atomic mass is 9.93. The van der Waals surface area contributed by atoms with Crippen molar-refractivity contribution in [2.24, 2.45) is 0 Å². The largest absolute Gasteiger partial charge is 0.393 e. The van der Waals surface area contributed by atoms with Gasteiger partial charge in [-0.05, 0) is 54.8 Å². The van der Waals surface area contributed by atoms with Gasteiger partial charge < -0.3 is 15.7 Å². The fraction of sp³-hybridized carbons (Fsp3) is 0.353. The third kappa shape index (κ3) is 3.87. The summed E-state index contributed by atoms with van der Waals surface area (Å²) in [4.78, 5) is 13.3. The van der Waals surface area contributed by atoms with Crippen molar-refractivity contribution in [2.75, 3.05) is 5.32 Å². The minimum absolute atomic E-state index is 0.156. The van der Waals surface area contributed by atoms with Crippen LogP contribution in [0.5, 0.6) is 0 Å². The van der Waals surface area contributed by atoms with Crippen LogP contribution in [-0.4, -0.2) is 23.3 Å². The number of carbonyl (C=O) groups is 1. The van der Waals surface area contributed by atoms with E-state index < -0.39 is 0 Å². The van der Waals surface area contributed by atoms with Gasteiger partial charge in [0.2, 0.25) is 0 Å². The second-order valence-electron chi connectivity index (χ2n) is 5.66. The monoisotopic (exact) mass is 316 g/mol. The third-order valence-electron chi connectivity index (χ3n) is 3.96. The maximum atomic E-state index is 12.1. The highest BCUT2D eigenvalue weighted by atomic mass is 32.1. The second kappa shape index (κ2) is 6.94. The molecule has 1 aromatic carbocycles. The van der Waals surface area contributed by atoms with E-state index in [0.29, 0.717) is 0 Å². The summed E-state index contributed by atoms with van der Waals surface area (Å²) in [5.41, 5.74) is 1.90. The molecule has 0 saturated heterocycles. The molecule has 0 radical (unpaired) electrons. The van der Waals surface area contributed by atoms with Crippen LogP contribution in [0, 0.1) is 0 Å². The van der Waals surface area contributed by atoms with Crippen LogP contribution in [0.1, 0.15) is 25.7 Å². The van der Waals surface area contributed by atoms with E-state index in [-0.39, 0.29) is 18.2 Å². The van der Waals surface area contributed by atoms with Gasteiger partial charge in [-0.2, -0.15) is 0 Å². The van der Waals surface area contributed by atoms with Crippen molar-refractivity contribution < 1.29 is 9.90 Å².